The van der Waals surface area contributed by atoms with Gasteiger partial charge in [-0.3, -0.25) is 4.79 Å². The van der Waals surface area contributed by atoms with Crippen LogP contribution in [0.4, 0.5) is 0 Å². The Morgan fingerprint density at radius 3 is 2.35 bits per heavy atom. The van der Waals surface area contributed by atoms with E-state index in [4.69, 9.17) is 10.2 Å². The smallest absolute Gasteiger partial charge is 0.255 e. The maximum atomic E-state index is 12.4. The number of aryl methyl sites for hydroxylation is 2. The second-order valence-electron chi connectivity index (χ2n) is 4.89. The highest BCUT2D eigenvalue weighted by molar-refractivity contribution is 5.97. The molecule has 0 bridgehead atoms. The van der Waals surface area contributed by atoms with Crippen LogP contribution >= 0.6 is 0 Å². The van der Waals surface area contributed by atoms with Gasteiger partial charge in [0.15, 0.2) is 0 Å². The lowest BCUT2D eigenvalue weighted by molar-refractivity contribution is 0.0936. The highest BCUT2D eigenvalue weighted by Crippen LogP contribution is 2.21. The molecular weight excluding hydrogens is 252 g/mol. The van der Waals surface area contributed by atoms with Gasteiger partial charge >= 0.3 is 0 Å². The maximum absolute atomic E-state index is 12.4. The van der Waals surface area contributed by atoms with Crippen molar-refractivity contribution in [1.82, 2.24) is 5.32 Å². The summed E-state index contributed by atoms with van der Waals surface area (Å²) in [5, 5.41) is 2.97. The molecule has 1 unspecified atom stereocenters. The van der Waals surface area contributed by atoms with Crippen LogP contribution in [0.15, 0.2) is 34.7 Å². The number of furan rings is 1. The van der Waals surface area contributed by atoms with Gasteiger partial charge in [-0.1, -0.05) is 30.3 Å². The van der Waals surface area contributed by atoms with Gasteiger partial charge in [-0.25, -0.2) is 0 Å². The van der Waals surface area contributed by atoms with Crippen molar-refractivity contribution < 1.29 is 9.21 Å². The number of nitrogens with one attached hydrogen (secondary N) is 1. The molecule has 4 heteroatoms. The zero-order chi connectivity index (χ0) is 14.7. The van der Waals surface area contributed by atoms with Crippen molar-refractivity contribution in [3.8, 4) is 0 Å². The Morgan fingerprint density at radius 2 is 1.85 bits per heavy atom. The highest BCUT2D eigenvalue weighted by Gasteiger charge is 2.21. The zero-order valence-corrected chi connectivity index (χ0v) is 12.1. The standard InChI is InChI=1S/C16H20N2O2/c1-10-11(2)20-12(3)15(10)16(19)18-14(9-17)13-7-5-4-6-8-13/h4-8,14H,9,17H2,1-3H3,(H,18,19). The van der Waals surface area contributed by atoms with Gasteiger partial charge < -0.3 is 15.5 Å². The summed E-state index contributed by atoms with van der Waals surface area (Å²) in [6, 6.07) is 9.52. The van der Waals surface area contributed by atoms with Crippen molar-refractivity contribution in [2.75, 3.05) is 6.54 Å². The van der Waals surface area contributed by atoms with Crippen LogP contribution in [0.2, 0.25) is 0 Å². The molecule has 0 spiro atoms. The summed E-state index contributed by atoms with van der Waals surface area (Å²) in [6.45, 7) is 5.90. The molecule has 3 N–H and O–H groups in total. The van der Waals surface area contributed by atoms with Crippen LogP contribution in [0.25, 0.3) is 0 Å². The molecule has 1 amide bonds. The topological polar surface area (TPSA) is 68.3 Å². The van der Waals surface area contributed by atoms with Gasteiger partial charge in [0.2, 0.25) is 0 Å². The predicted octanol–water partition coefficient (Wildman–Crippen LogP) is 2.63. The number of hydrogen-bond acceptors (Lipinski definition) is 3. The van der Waals surface area contributed by atoms with Crippen LogP contribution in [0.1, 0.15) is 39.0 Å². The lowest BCUT2D eigenvalue weighted by Crippen LogP contribution is -2.33. The first-order valence-electron chi connectivity index (χ1n) is 6.67. The third-order valence-corrected chi connectivity index (χ3v) is 3.53. The van der Waals surface area contributed by atoms with Crippen LogP contribution in [0.3, 0.4) is 0 Å². The Hall–Kier alpha value is -2.07. The van der Waals surface area contributed by atoms with E-state index >= 15 is 0 Å². The van der Waals surface area contributed by atoms with Crippen LogP contribution in [-0.2, 0) is 0 Å². The molecule has 2 rings (SSSR count). The first-order valence-corrected chi connectivity index (χ1v) is 6.67. The van der Waals surface area contributed by atoms with E-state index in [0.29, 0.717) is 17.9 Å². The number of carbonyl (C=O) groups excluding carboxylic acids is 1. The van der Waals surface area contributed by atoms with E-state index in [1.807, 2.05) is 44.2 Å². The lowest BCUT2D eigenvalue weighted by atomic mass is 10.1. The van der Waals surface area contributed by atoms with E-state index in [2.05, 4.69) is 5.32 Å². The molecule has 1 aromatic carbocycles. The summed E-state index contributed by atoms with van der Waals surface area (Å²) in [5.41, 5.74) is 8.26. The summed E-state index contributed by atoms with van der Waals surface area (Å²) in [5.74, 6) is 1.27. The highest BCUT2D eigenvalue weighted by atomic mass is 16.3. The fraction of sp³-hybridized carbons (Fsp3) is 0.312. The molecular formula is C16H20N2O2. The molecule has 106 valence electrons. The van der Waals surface area contributed by atoms with E-state index in [-0.39, 0.29) is 11.9 Å². The van der Waals surface area contributed by atoms with Crippen LogP contribution in [0, 0.1) is 20.8 Å². The van der Waals surface area contributed by atoms with Crippen molar-refractivity contribution in [2.24, 2.45) is 5.73 Å². The Labute approximate surface area is 119 Å². The van der Waals surface area contributed by atoms with E-state index in [9.17, 15) is 4.79 Å². The predicted molar refractivity (Wildman–Crippen MR) is 78.6 cm³/mol. The number of benzene rings is 1. The molecule has 1 heterocycles. The molecule has 4 nitrogen and oxygen atoms in total. The zero-order valence-electron chi connectivity index (χ0n) is 12.1. The van der Waals surface area contributed by atoms with Gasteiger partial charge in [-0.2, -0.15) is 0 Å². The number of amides is 1. The molecule has 1 atom stereocenters. The number of carbonyl (C=O) groups is 1. The van der Waals surface area contributed by atoms with Crippen LogP contribution in [0.5, 0.6) is 0 Å². The summed E-state index contributed by atoms with van der Waals surface area (Å²) < 4.78 is 5.50. The molecule has 2 aromatic rings. The van der Waals surface area contributed by atoms with Crippen LogP contribution in [-0.4, -0.2) is 12.5 Å². The molecule has 0 radical (unpaired) electrons. The first-order chi connectivity index (χ1) is 9.54. The number of nitrogens with two attached hydrogens (primary N) is 1. The first kappa shape index (κ1) is 14.3. The van der Waals surface area contributed by atoms with E-state index in [0.717, 1.165) is 16.9 Å². The Balaban J connectivity index is 2.22. The summed E-state index contributed by atoms with van der Waals surface area (Å²) in [6.07, 6.45) is 0. The molecule has 0 aliphatic carbocycles. The third kappa shape index (κ3) is 2.75. The molecule has 0 aliphatic rings. The van der Waals surface area contributed by atoms with Gasteiger partial charge in [0.25, 0.3) is 5.91 Å². The molecule has 20 heavy (non-hydrogen) atoms. The second-order valence-corrected chi connectivity index (χ2v) is 4.89. The summed E-state index contributed by atoms with van der Waals surface area (Å²) >= 11 is 0. The SMILES string of the molecule is Cc1oc(C)c(C(=O)NC(CN)c2ccccc2)c1C. The minimum absolute atomic E-state index is 0.142. The van der Waals surface area contributed by atoms with Crippen molar-refractivity contribution in [1.29, 1.82) is 0 Å². The summed E-state index contributed by atoms with van der Waals surface area (Å²) in [7, 11) is 0. The van der Waals surface area contributed by atoms with E-state index < -0.39 is 0 Å². The normalized spacial score (nSPS) is 12.2. The molecule has 0 saturated heterocycles. The van der Waals surface area contributed by atoms with Crippen molar-refractivity contribution in [3.05, 3.63) is 58.5 Å². The number of rotatable bonds is 4. The van der Waals surface area contributed by atoms with E-state index in [1.165, 1.54) is 0 Å². The number of hydrogen-bond donors (Lipinski definition) is 2. The van der Waals surface area contributed by atoms with Crippen LogP contribution < -0.4 is 11.1 Å². The Morgan fingerprint density at radius 1 is 1.20 bits per heavy atom. The monoisotopic (exact) mass is 272 g/mol. The average Bonchev–Trinajstić information content (AvgIpc) is 2.70. The quantitative estimate of drug-likeness (QED) is 0.899. The summed E-state index contributed by atoms with van der Waals surface area (Å²) in [4.78, 5) is 12.4. The molecule has 0 saturated carbocycles. The van der Waals surface area contributed by atoms with Crippen molar-refractivity contribution in [2.45, 2.75) is 26.8 Å². The average molecular weight is 272 g/mol. The van der Waals surface area contributed by atoms with Crippen molar-refractivity contribution >= 4 is 5.91 Å². The van der Waals surface area contributed by atoms with E-state index in [1.54, 1.807) is 6.92 Å². The van der Waals surface area contributed by atoms with Gasteiger partial charge in [0.05, 0.1) is 11.6 Å². The fourth-order valence-corrected chi connectivity index (χ4v) is 2.32. The molecule has 1 aromatic heterocycles. The maximum Gasteiger partial charge on any atom is 0.255 e. The minimum atomic E-state index is -0.197. The molecule has 0 fully saturated rings. The largest absolute Gasteiger partial charge is 0.466 e. The Bertz CT molecular complexity index is 602. The Kier molecular flexibility index (Phi) is 4.25. The van der Waals surface area contributed by atoms with Gasteiger partial charge in [-0.05, 0) is 26.3 Å². The third-order valence-electron chi connectivity index (χ3n) is 3.53. The molecule has 0 aliphatic heterocycles. The lowest BCUT2D eigenvalue weighted by Gasteiger charge is -2.17. The van der Waals surface area contributed by atoms with Gasteiger partial charge in [0.1, 0.15) is 11.5 Å². The fourth-order valence-electron chi connectivity index (χ4n) is 2.32. The second kappa shape index (κ2) is 5.92. The van der Waals surface area contributed by atoms with Gasteiger partial charge in [-0.15, -0.1) is 0 Å². The van der Waals surface area contributed by atoms with Crippen molar-refractivity contribution in [3.63, 3.8) is 0 Å². The van der Waals surface area contributed by atoms with Gasteiger partial charge in [0, 0.05) is 12.1 Å². The minimum Gasteiger partial charge on any atom is -0.466 e.